The molecule has 0 unspecified atom stereocenters. The van der Waals surface area contributed by atoms with Crippen molar-refractivity contribution >= 4 is 11.4 Å². The van der Waals surface area contributed by atoms with E-state index in [0.717, 1.165) is 11.4 Å². The SMILES string of the molecule is C/N=C1/C(=N/C)c2cc(C)ccc2-c2ccc(C)cc21. The molecule has 2 aromatic carbocycles. The van der Waals surface area contributed by atoms with Crippen LogP contribution in [0.5, 0.6) is 0 Å². The highest BCUT2D eigenvalue weighted by Crippen LogP contribution is 2.35. The quantitative estimate of drug-likeness (QED) is 0.689. The van der Waals surface area contributed by atoms with Crippen LogP contribution in [0.4, 0.5) is 0 Å². The van der Waals surface area contributed by atoms with Crippen molar-refractivity contribution in [1.82, 2.24) is 0 Å². The number of benzene rings is 2. The Labute approximate surface area is 119 Å². The minimum atomic E-state index is 0.990. The monoisotopic (exact) mass is 262 g/mol. The second kappa shape index (κ2) is 4.71. The molecule has 0 radical (unpaired) electrons. The molecule has 0 heterocycles. The van der Waals surface area contributed by atoms with Gasteiger partial charge >= 0.3 is 0 Å². The van der Waals surface area contributed by atoms with Gasteiger partial charge in [-0.05, 0) is 37.1 Å². The van der Waals surface area contributed by atoms with Crippen LogP contribution in [-0.4, -0.2) is 25.5 Å². The first-order chi connectivity index (χ1) is 9.65. The van der Waals surface area contributed by atoms with Gasteiger partial charge in [0.1, 0.15) is 0 Å². The number of aliphatic imine (C=N–C) groups is 2. The van der Waals surface area contributed by atoms with Gasteiger partial charge in [0.2, 0.25) is 0 Å². The van der Waals surface area contributed by atoms with Crippen LogP contribution < -0.4 is 0 Å². The Balaban J connectivity index is 2.42. The van der Waals surface area contributed by atoms with Crippen LogP contribution in [0.3, 0.4) is 0 Å². The van der Waals surface area contributed by atoms with Crippen molar-refractivity contribution in [3.05, 3.63) is 58.7 Å². The fourth-order valence-electron chi connectivity index (χ4n) is 2.89. The second-order valence-electron chi connectivity index (χ2n) is 5.24. The standard InChI is InChI=1S/C18H18N2/c1-11-5-7-13-14-8-6-12(2)10-16(14)18(20-4)17(19-3)15(13)9-11/h5-10H,1-4H3/b19-17+,20-18+. The van der Waals surface area contributed by atoms with Gasteiger partial charge in [-0.3, -0.25) is 9.98 Å². The largest absolute Gasteiger partial charge is 0.286 e. The molecule has 0 spiro atoms. The van der Waals surface area contributed by atoms with E-state index in [1.807, 2.05) is 14.1 Å². The molecule has 3 rings (SSSR count). The predicted molar refractivity (Wildman–Crippen MR) is 86.3 cm³/mol. The van der Waals surface area contributed by atoms with Gasteiger partial charge < -0.3 is 0 Å². The van der Waals surface area contributed by atoms with Crippen molar-refractivity contribution < 1.29 is 0 Å². The van der Waals surface area contributed by atoms with Crippen LogP contribution >= 0.6 is 0 Å². The van der Waals surface area contributed by atoms with Crippen LogP contribution in [0.2, 0.25) is 0 Å². The van der Waals surface area contributed by atoms with Crippen molar-refractivity contribution in [2.75, 3.05) is 14.1 Å². The smallest absolute Gasteiger partial charge is 0.0907 e. The number of nitrogens with zero attached hydrogens (tertiary/aromatic N) is 2. The maximum atomic E-state index is 4.50. The summed E-state index contributed by atoms with van der Waals surface area (Å²) in [5, 5.41) is 0. The zero-order valence-corrected chi connectivity index (χ0v) is 12.4. The molecule has 2 aromatic rings. The molecule has 0 N–H and O–H groups in total. The first-order valence-electron chi connectivity index (χ1n) is 6.82. The average molecular weight is 262 g/mol. The molecule has 0 saturated heterocycles. The summed E-state index contributed by atoms with van der Waals surface area (Å²) in [5.74, 6) is 0. The Hall–Kier alpha value is -2.22. The number of hydrogen-bond donors (Lipinski definition) is 0. The summed E-state index contributed by atoms with van der Waals surface area (Å²) < 4.78 is 0. The third-order valence-corrected chi connectivity index (χ3v) is 3.82. The van der Waals surface area contributed by atoms with Crippen molar-refractivity contribution in [2.45, 2.75) is 13.8 Å². The summed E-state index contributed by atoms with van der Waals surface area (Å²) in [6.45, 7) is 4.22. The lowest BCUT2D eigenvalue weighted by molar-refractivity contribution is 1.36. The van der Waals surface area contributed by atoms with Crippen LogP contribution in [0.15, 0.2) is 46.4 Å². The molecular formula is C18H18N2. The van der Waals surface area contributed by atoms with E-state index in [9.17, 15) is 0 Å². The molecule has 1 aliphatic carbocycles. The molecular weight excluding hydrogens is 244 g/mol. The topological polar surface area (TPSA) is 24.7 Å². The highest BCUT2D eigenvalue weighted by atomic mass is 14.8. The summed E-state index contributed by atoms with van der Waals surface area (Å²) in [6.07, 6.45) is 0. The molecule has 0 aromatic heterocycles. The number of fused-ring (bicyclic) bond motifs is 3. The van der Waals surface area contributed by atoms with Crippen molar-refractivity contribution in [2.24, 2.45) is 9.98 Å². The average Bonchev–Trinajstić information content (AvgIpc) is 2.45. The summed E-state index contributed by atoms with van der Waals surface area (Å²) in [6, 6.07) is 13.1. The zero-order valence-electron chi connectivity index (χ0n) is 12.4. The van der Waals surface area contributed by atoms with E-state index in [-0.39, 0.29) is 0 Å². The van der Waals surface area contributed by atoms with Gasteiger partial charge in [0.05, 0.1) is 11.4 Å². The van der Waals surface area contributed by atoms with Crippen molar-refractivity contribution in [3.63, 3.8) is 0 Å². The van der Waals surface area contributed by atoms with Gasteiger partial charge in [-0.1, -0.05) is 35.4 Å². The van der Waals surface area contributed by atoms with Crippen molar-refractivity contribution in [1.29, 1.82) is 0 Å². The van der Waals surface area contributed by atoms with E-state index in [1.165, 1.54) is 33.4 Å². The molecule has 0 atom stereocenters. The first-order valence-corrected chi connectivity index (χ1v) is 6.82. The second-order valence-corrected chi connectivity index (χ2v) is 5.24. The molecule has 0 bridgehead atoms. The predicted octanol–water partition coefficient (Wildman–Crippen LogP) is 3.82. The van der Waals surface area contributed by atoms with E-state index < -0.39 is 0 Å². The fourth-order valence-corrected chi connectivity index (χ4v) is 2.89. The minimum Gasteiger partial charge on any atom is -0.286 e. The Morgan fingerprint density at radius 2 is 1.00 bits per heavy atom. The molecule has 0 amide bonds. The molecule has 0 saturated carbocycles. The number of rotatable bonds is 0. The third kappa shape index (κ3) is 1.80. The fraction of sp³-hybridized carbons (Fsp3) is 0.222. The Morgan fingerprint density at radius 3 is 1.35 bits per heavy atom. The van der Waals surface area contributed by atoms with E-state index in [2.05, 4.69) is 60.2 Å². The summed E-state index contributed by atoms with van der Waals surface area (Å²) in [7, 11) is 3.68. The highest BCUT2D eigenvalue weighted by molar-refractivity contribution is 6.57. The van der Waals surface area contributed by atoms with E-state index in [1.54, 1.807) is 0 Å². The molecule has 2 nitrogen and oxygen atoms in total. The molecule has 20 heavy (non-hydrogen) atoms. The number of aryl methyl sites for hydroxylation is 2. The Morgan fingerprint density at radius 1 is 0.600 bits per heavy atom. The van der Waals surface area contributed by atoms with E-state index in [4.69, 9.17) is 0 Å². The lowest BCUT2D eigenvalue weighted by atomic mass is 9.81. The van der Waals surface area contributed by atoms with Gasteiger partial charge in [-0.2, -0.15) is 0 Å². The van der Waals surface area contributed by atoms with Crippen molar-refractivity contribution in [3.8, 4) is 11.1 Å². The summed E-state index contributed by atoms with van der Waals surface area (Å²) >= 11 is 0. The van der Waals surface area contributed by atoms with Gasteiger partial charge in [0, 0.05) is 25.2 Å². The van der Waals surface area contributed by atoms with E-state index >= 15 is 0 Å². The normalized spacial score (nSPS) is 17.2. The third-order valence-electron chi connectivity index (χ3n) is 3.82. The van der Waals surface area contributed by atoms with Crippen LogP contribution in [0.25, 0.3) is 11.1 Å². The molecule has 100 valence electrons. The van der Waals surface area contributed by atoms with Gasteiger partial charge in [0.25, 0.3) is 0 Å². The highest BCUT2D eigenvalue weighted by Gasteiger charge is 2.26. The lowest BCUT2D eigenvalue weighted by Crippen LogP contribution is -2.23. The van der Waals surface area contributed by atoms with Gasteiger partial charge in [0.15, 0.2) is 0 Å². The zero-order chi connectivity index (χ0) is 14.3. The van der Waals surface area contributed by atoms with E-state index in [0.29, 0.717) is 0 Å². The Kier molecular flexibility index (Phi) is 3.01. The summed E-state index contributed by atoms with van der Waals surface area (Å²) in [4.78, 5) is 8.99. The van der Waals surface area contributed by atoms with Crippen LogP contribution in [0.1, 0.15) is 22.3 Å². The molecule has 0 aliphatic heterocycles. The maximum absolute atomic E-state index is 4.50. The minimum absolute atomic E-state index is 0.990. The molecule has 2 heteroatoms. The molecule has 1 aliphatic rings. The van der Waals surface area contributed by atoms with Gasteiger partial charge in [-0.25, -0.2) is 0 Å². The van der Waals surface area contributed by atoms with Crippen LogP contribution in [0, 0.1) is 13.8 Å². The van der Waals surface area contributed by atoms with Crippen LogP contribution in [-0.2, 0) is 0 Å². The maximum Gasteiger partial charge on any atom is 0.0907 e. The molecule has 0 fully saturated rings. The first kappa shape index (κ1) is 12.8. The Bertz CT molecular complexity index is 687. The number of hydrogen-bond acceptors (Lipinski definition) is 2. The van der Waals surface area contributed by atoms with Gasteiger partial charge in [-0.15, -0.1) is 0 Å². The summed E-state index contributed by atoms with van der Waals surface area (Å²) in [5.41, 5.74) is 9.34. The lowest BCUT2D eigenvalue weighted by Gasteiger charge is -2.24.